The topological polar surface area (TPSA) is 17.1 Å². The van der Waals surface area contributed by atoms with Crippen molar-refractivity contribution < 1.29 is 4.79 Å². The Balaban J connectivity index is 2.21. The summed E-state index contributed by atoms with van der Waals surface area (Å²) >= 11 is 0. The van der Waals surface area contributed by atoms with Crippen molar-refractivity contribution >= 4 is 17.1 Å². The molecule has 0 aliphatic carbocycles. The summed E-state index contributed by atoms with van der Waals surface area (Å²) in [6, 6.07) is 20.6. The molecule has 0 saturated heterocycles. The molecule has 0 radical (unpaired) electrons. The van der Waals surface area contributed by atoms with Crippen LogP contribution in [-0.2, 0) is 0 Å². The number of carbonyl (C=O) groups excluding carboxylic acids is 1. The molecule has 0 aliphatic rings. The first-order valence-electron chi connectivity index (χ1n) is 7.24. The van der Waals surface area contributed by atoms with Gasteiger partial charge in [-0.25, -0.2) is 0 Å². The van der Waals surface area contributed by atoms with Crippen LogP contribution in [0.15, 0.2) is 60.7 Å². The Morgan fingerprint density at radius 1 is 0.857 bits per heavy atom. The van der Waals surface area contributed by atoms with Crippen LogP contribution in [0, 0.1) is 6.92 Å². The molecule has 0 amide bonds. The predicted octanol–water partition coefficient (Wildman–Crippen LogP) is 5.11. The molecule has 104 valence electrons. The minimum Gasteiger partial charge on any atom is -0.298 e. The van der Waals surface area contributed by atoms with Crippen molar-refractivity contribution in [1.82, 2.24) is 0 Å². The number of benzene rings is 3. The fraction of sp³-hybridized carbons (Fsp3) is 0.150. The van der Waals surface area contributed by atoms with Crippen LogP contribution in [-0.4, -0.2) is 6.29 Å². The summed E-state index contributed by atoms with van der Waals surface area (Å²) in [5.41, 5.74) is 4.44. The van der Waals surface area contributed by atoms with Crippen molar-refractivity contribution in [1.29, 1.82) is 0 Å². The summed E-state index contributed by atoms with van der Waals surface area (Å²) in [6.07, 6.45) is 0.992. The van der Waals surface area contributed by atoms with E-state index in [2.05, 4.69) is 44.2 Å². The molecular weight excluding hydrogens is 256 g/mol. The second-order valence-electron chi connectivity index (χ2n) is 5.49. The second-order valence-corrected chi connectivity index (χ2v) is 5.49. The fourth-order valence-corrected chi connectivity index (χ4v) is 3.06. The van der Waals surface area contributed by atoms with E-state index < -0.39 is 0 Å². The van der Waals surface area contributed by atoms with Gasteiger partial charge in [0.15, 0.2) is 6.29 Å². The van der Waals surface area contributed by atoms with Crippen LogP contribution in [0.5, 0.6) is 0 Å². The van der Waals surface area contributed by atoms with Gasteiger partial charge < -0.3 is 0 Å². The molecule has 1 atom stereocenters. The summed E-state index contributed by atoms with van der Waals surface area (Å²) < 4.78 is 0. The number of hydrogen-bond acceptors (Lipinski definition) is 1. The Hall–Kier alpha value is -2.41. The number of aldehydes is 1. The van der Waals surface area contributed by atoms with E-state index in [9.17, 15) is 4.79 Å². The van der Waals surface area contributed by atoms with Crippen molar-refractivity contribution in [2.45, 2.75) is 19.8 Å². The normalized spacial score (nSPS) is 12.3. The maximum Gasteiger partial charge on any atom is 0.150 e. The van der Waals surface area contributed by atoms with E-state index in [0.29, 0.717) is 0 Å². The van der Waals surface area contributed by atoms with Crippen molar-refractivity contribution in [3.63, 3.8) is 0 Å². The third kappa shape index (κ3) is 2.36. The van der Waals surface area contributed by atoms with Gasteiger partial charge >= 0.3 is 0 Å². The van der Waals surface area contributed by atoms with Crippen LogP contribution in [0.1, 0.15) is 39.9 Å². The van der Waals surface area contributed by atoms with Crippen molar-refractivity contribution in [3.8, 4) is 0 Å². The Bertz CT molecular complexity index is 802. The van der Waals surface area contributed by atoms with Gasteiger partial charge in [0.25, 0.3) is 0 Å². The summed E-state index contributed by atoms with van der Waals surface area (Å²) in [5.74, 6) is 0.205. The van der Waals surface area contributed by atoms with Gasteiger partial charge in [0.2, 0.25) is 0 Å². The quantitative estimate of drug-likeness (QED) is 0.606. The van der Waals surface area contributed by atoms with Crippen LogP contribution in [0.25, 0.3) is 10.8 Å². The average molecular weight is 274 g/mol. The highest BCUT2D eigenvalue weighted by Gasteiger charge is 2.16. The van der Waals surface area contributed by atoms with E-state index in [1.807, 2.05) is 30.3 Å². The molecule has 0 aromatic heterocycles. The van der Waals surface area contributed by atoms with Gasteiger partial charge in [0.05, 0.1) is 0 Å². The SMILES string of the molecule is Cc1ccccc1C(C)c1ccc2ccccc2c1C=O. The molecule has 0 fully saturated rings. The smallest absolute Gasteiger partial charge is 0.150 e. The number of fused-ring (bicyclic) bond motifs is 1. The molecular formula is C20H18O. The zero-order valence-corrected chi connectivity index (χ0v) is 12.3. The van der Waals surface area contributed by atoms with Gasteiger partial charge in [0, 0.05) is 11.5 Å². The standard InChI is InChI=1S/C20H18O/c1-14-7-3-5-9-17(14)15(2)18-12-11-16-8-4-6-10-19(16)20(18)13-21/h3-13,15H,1-2H3. The Morgan fingerprint density at radius 3 is 2.33 bits per heavy atom. The molecule has 1 unspecified atom stereocenters. The van der Waals surface area contributed by atoms with Gasteiger partial charge in [-0.2, -0.15) is 0 Å². The number of hydrogen-bond donors (Lipinski definition) is 0. The maximum absolute atomic E-state index is 11.7. The average Bonchev–Trinajstić information content (AvgIpc) is 2.53. The van der Waals surface area contributed by atoms with Gasteiger partial charge in [-0.1, -0.05) is 67.6 Å². The Kier molecular flexibility index (Phi) is 3.57. The highest BCUT2D eigenvalue weighted by atomic mass is 16.1. The first-order chi connectivity index (χ1) is 10.2. The highest BCUT2D eigenvalue weighted by molar-refractivity contribution is 5.99. The first-order valence-corrected chi connectivity index (χ1v) is 7.24. The van der Waals surface area contributed by atoms with Crippen LogP contribution < -0.4 is 0 Å². The van der Waals surface area contributed by atoms with E-state index in [1.165, 1.54) is 11.1 Å². The Morgan fingerprint density at radius 2 is 1.57 bits per heavy atom. The third-order valence-electron chi connectivity index (χ3n) is 4.24. The minimum atomic E-state index is 0.205. The van der Waals surface area contributed by atoms with Crippen LogP contribution >= 0.6 is 0 Å². The maximum atomic E-state index is 11.7. The Labute approximate surface area is 125 Å². The van der Waals surface area contributed by atoms with Gasteiger partial charge in [-0.15, -0.1) is 0 Å². The summed E-state index contributed by atoms with van der Waals surface area (Å²) in [6.45, 7) is 4.28. The monoisotopic (exact) mass is 274 g/mol. The van der Waals surface area contributed by atoms with Gasteiger partial charge in [0.1, 0.15) is 0 Å². The predicted molar refractivity (Wildman–Crippen MR) is 88.0 cm³/mol. The molecule has 0 N–H and O–H groups in total. The number of carbonyl (C=O) groups is 1. The summed E-state index contributed by atoms with van der Waals surface area (Å²) in [4.78, 5) is 11.7. The fourth-order valence-electron chi connectivity index (χ4n) is 3.06. The zero-order chi connectivity index (χ0) is 14.8. The van der Waals surface area contributed by atoms with Crippen LogP contribution in [0.2, 0.25) is 0 Å². The summed E-state index contributed by atoms with van der Waals surface area (Å²) in [5, 5.41) is 2.14. The largest absolute Gasteiger partial charge is 0.298 e. The lowest BCUT2D eigenvalue weighted by Gasteiger charge is -2.18. The second kappa shape index (κ2) is 5.53. The van der Waals surface area contributed by atoms with Crippen LogP contribution in [0.3, 0.4) is 0 Å². The number of rotatable bonds is 3. The third-order valence-corrected chi connectivity index (χ3v) is 4.24. The van der Waals surface area contributed by atoms with Gasteiger partial charge in [-0.3, -0.25) is 4.79 Å². The zero-order valence-electron chi connectivity index (χ0n) is 12.3. The van der Waals surface area contributed by atoms with Crippen molar-refractivity contribution in [3.05, 3.63) is 82.9 Å². The first kappa shape index (κ1) is 13.6. The van der Waals surface area contributed by atoms with E-state index in [0.717, 1.165) is 28.2 Å². The lowest BCUT2D eigenvalue weighted by atomic mass is 9.86. The molecule has 1 heteroatoms. The van der Waals surface area contributed by atoms with E-state index in [1.54, 1.807) is 0 Å². The molecule has 0 heterocycles. The molecule has 0 aliphatic heterocycles. The van der Waals surface area contributed by atoms with E-state index in [4.69, 9.17) is 0 Å². The van der Waals surface area contributed by atoms with Crippen molar-refractivity contribution in [2.24, 2.45) is 0 Å². The van der Waals surface area contributed by atoms with Crippen molar-refractivity contribution in [2.75, 3.05) is 0 Å². The van der Waals surface area contributed by atoms with Crippen LogP contribution in [0.4, 0.5) is 0 Å². The highest BCUT2D eigenvalue weighted by Crippen LogP contribution is 2.32. The minimum absolute atomic E-state index is 0.205. The molecule has 1 nitrogen and oxygen atoms in total. The summed E-state index contributed by atoms with van der Waals surface area (Å²) in [7, 11) is 0. The van der Waals surface area contributed by atoms with E-state index >= 15 is 0 Å². The van der Waals surface area contributed by atoms with E-state index in [-0.39, 0.29) is 5.92 Å². The van der Waals surface area contributed by atoms with Gasteiger partial charge in [-0.05, 0) is 34.4 Å². The molecule has 3 rings (SSSR count). The molecule has 0 spiro atoms. The lowest BCUT2D eigenvalue weighted by molar-refractivity contribution is 0.112. The molecule has 3 aromatic rings. The molecule has 3 aromatic carbocycles. The lowest BCUT2D eigenvalue weighted by Crippen LogP contribution is -2.03. The number of aryl methyl sites for hydroxylation is 1. The molecule has 0 saturated carbocycles. The molecule has 21 heavy (non-hydrogen) atoms. The molecule has 0 bridgehead atoms.